The van der Waals surface area contributed by atoms with Crippen LogP contribution in [0.15, 0.2) is 29.2 Å². The number of para-hydroxylation sites is 1. The Kier molecular flexibility index (Phi) is 4.13. The van der Waals surface area contributed by atoms with E-state index in [9.17, 15) is 18.5 Å². The molecule has 1 atom stereocenters. The molecule has 2 fully saturated rings. The quantitative estimate of drug-likeness (QED) is 0.618. The Labute approximate surface area is 128 Å². The fourth-order valence-electron chi connectivity index (χ4n) is 2.81. The van der Waals surface area contributed by atoms with Gasteiger partial charge in [0.1, 0.15) is 0 Å². The van der Waals surface area contributed by atoms with Gasteiger partial charge in [-0.1, -0.05) is 12.1 Å². The molecule has 120 valence electrons. The Morgan fingerprint density at radius 3 is 2.55 bits per heavy atom. The Morgan fingerprint density at radius 1 is 1.27 bits per heavy atom. The molecule has 0 amide bonds. The highest BCUT2D eigenvalue weighted by atomic mass is 32.2. The highest BCUT2D eigenvalue weighted by Crippen LogP contribution is 2.31. The van der Waals surface area contributed by atoms with Gasteiger partial charge in [-0.2, -0.15) is 4.31 Å². The zero-order valence-corrected chi connectivity index (χ0v) is 12.7. The van der Waals surface area contributed by atoms with Crippen molar-refractivity contribution in [2.75, 3.05) is 26.3 Å². The van der Waals surface area contributed by atoms with Crippen LogP contribution in [0.3, 0.4) is 0 Å². The molecule has 1 aromatic carbocycles. The van der Waals surface area contributed by atoms with Gasteiger partial charge < -0.3 is 10.1 Å². The summed E-state index contributed by atoms with van der Waals surface area (Å²) in [6.45, 7) is 1.94. The first kappa shape index (κ1) is 15.3. The maximum atomic E-state index is 13.0. The van der Waals surface area contributed by atoms with E-state index in [1.807, 2.05) is 0 Å². The molecule has 0 radical (unpaired) electrons. The Bertz CT molecular complexity index is 668. The van der Waals surface area contributed by atoms with Crippen molar-refractivity contribution in [3.63, 3.8) is 0 Å². The van der Waals surface area contributed by atoms with Gasteiger partial charge in [0.15, 0.2) is 4.90 Å². The van der Waals surface area contributed by atoms with Crippen LogP contribution >= 0.6 is 0 Å². The smallest absolute Gasteiger partial charge is 0.289 e. The summed E-state index contributed by atoms with van der Waals surface area (Å²) < 4.78 is 32.7. The number of benzene rings is 1. The van der Waals surface area contributed by atoms with E-state index in [0.29, 0.717) is 32.7 Å². The van der Waals surface area contributed by atoms with Crippen LogP contribution in [-0.2, 0) is 14.8 Å². The third-order valence-electron chi connectivity index (χ3n) is 4.00. The SMILES string of the molecule is O=[N+]([O-])c1ccccc1S(=O)(=O)N(C1CNC1)C1CCOC1. The molecule has 2 aliphatic rings. The van der Waals surface area contributed by atoms with Crippen LogP contribution in [0, 0.1) is 10.1 Å². The molecule has 22 heavy (non-hydrogen) atoms. The van der Waals surface area contributed by atoms with Crippen LogP contribution in [0.4, 0.5) is 5.69 Å². The normalized spacial score (nSPS) is 22.7. The van der Waals surface area contributed by atoms with Crippen molar-refractivity contribution < 1.29 is 18.1 Å². The van der Waals surface area contributed by atoms with E-state index >= 15 is 0 Å². The van der Waals surface area contributed by atoms with Crippen molar-refractivity contribution in [2.24, 2.45) is 0 Å². The van der Waals surface area contributed by atoms with Gasteiger partial charge >= 0.3 is 0 Å². The highest BCUT2D eigenvalue weighted by molar-refractivity contribution is 7.89. The van der Waals surface area contributed by atoms with Gasteiger partial charge in [0.2, 0.25) is 0 Å². The number of hydrogen-bond donors (Lipinski definition) is 1. The predicted molar refractivity (Wildman–Crippen MR) is 78.0 cm³/mol. The Balaban J connectivity index is 2.04. The number of nitrogens with one attached hydrogen (secondary N) is 1. The first-order chi connectivity index (χ1) is 10.5. The van der Waals surface area contributed by atoms with Crippen molar-refractivity contribution in [3.05, 3.63) is 34.4 Å². The summed E-state index contributed by atoms with van der Waals surface area (Å²) in [5.41, 5.74) is -0.390. The van der Waals surface area contributed by atoms with Crippen molar-refractivity contribution in [1.29, 1.82) is 0 Å². The number of rotatable bonds is 5. The topological polar surface area (TPSA) is 102 Å². The molecule has 0 spiro atoms. The summed E-state index contributed by atoms with van der Waals surface area (Å²) in [4.78, 5) is 10.2. The van der Waals surface area contributed by atoms with Crippen LogP contribution in [0.25, 0.3) is 0 Å². The lowest BCUT2D eigenvalue weighted by Gasteiger charge is -2.40. The minimum atomic E-state index is -3.95. The number of sulfonamides is 1. The van der Waals surface area contributed by atoms with E-state index in [2.05, 4.69) is 5.32 Å². The minimum Gasteiger partial charge on any atom is -0.380 e. The van der Waals surface area contributed by atoms with Gasteiger partial charge in [0, 0.05) is 25.8 Å². The van der Waals surface area contributed by atoms with Gasteiger partial charge in [0.05, 0.1) is 23.6 Å². The van der Waals surface area contributed by atoms with Crippen LogP contribution in [0.2, 0.25) is 0 Å². The van der Waals surface area contributed by atoms with E-state index in [1.165, 1.54) is 28.6 Å². The average Bonchev–Trinajstić information content (AvgIpc) is 2.96. The Hall–Kier alpha value is -1.55. The molecule has 9 heteroatoms. The standard InChI is InChI=1S/C13H17N3O5S/c17-16(18)12-3-1-2-4-13(12)22(19,20)15(11-7-14-8-11)10-5-6-21-9-10/h1-4,10-11,14H,5-9H2. The molecule has 0 aliphatic carbocycles. The van der Waals surface area contributed by atoms with Gasteiger partial charge in [-0.05, 0) is 12.5 Å². The maximum absolute atomic E-state index is 13.0. The van der Waals surface area contributed by atoms with E-state index in [-0.39, 0.29) is 17.0 Å². The molecular formula is C13H17N3O5S. The first-order valence-electron chi connectivity index (χ1n) is 7.07. The van der Waals surface area contributed by atoms with Gasteiger partial charge in [0.25, 0.3) is 15.7 Å². The molecule has 8 nitrogen and oxygen atoms in total. The predicted octanol–water partition coefficient (Wildman–Crippen LogP) is 0.346. The second-order valence-corrected chi connectivity index (χ2v) is 7.20. The van der Waals surface area contributed by atoms with Gasteiger partial charge in [-0.15, -0.1) is 0 Å². The minimum absolute atomic E-state index is 0.184. The maximum Gasteiger partial charge on any atom is 0.289 e. The largest absolute Gasteiger partial charge is 0.380 e. The van der Waals surface area contributed by atoms with Crippen LogP contribution in [0.1, 0.15) is 6.42 Å². The lowest BCUT2D eigenvalue weighted by atomic mass is 10.1. The molecule has 3 rings (SSSR count). The van der Waals surface area contributed by atoms with Crippen LogP contribution in [-0.4, -0.2) is 56.0 Å². The third-order valence-corrected chi connectivity index (χ3v) is 6.06. The van der Waals surface area contributed by atoms with Crippen molar-refractivity contribution in [1.82, 2.24) is 9.62 Å². The molecule has 0 aromatic heterocycles. The zero-order chi connectivity index (χ0) is 15.7. The molecule has 2 saturated heterocycles. The summed E-state index contributed by atoms with van der Waals surface area (Å²) in [7, 11) is -3.95. The van der Waals surface area contributed by atoms with Crippen molar-refractivity contribution in [3.8, 4) is 0 Å². The molecular weight excluding hydrogens is 310 g/mol. The first-order valence-corrected chi connectivity index (χ1v) is 8.51. The second kappa shape index (κ2) is 5.92. The number of nitrogens with zero attached hydrogens (tertiary/aromatic N) is 2. The second-order valence-electron chi connectivity index (χ2n) is 5.39. The summed E-state index contributed by atoms with van der Waals surface area (Å²) in [6.07, 6.45) is 0.608. The summed E-state index contributed by atoms with van der Waals surface area (Å²) in [6, 6.07) is 5.03. The highest BCUT2D eigenvalue weighted by Gasteiger charge is 2.43. The van der Waals surface area contributed by atoms with Crippen molar-refractivity contribution in [2.45, 2.75) is 23.4 Å². The van der Waals surface area contributed by atoms with Crippen molar-refractivity contribution >= 4 is 15.7 Å². The number of nitro benzene ring substituents is 1. The summed E-state index contributed by atoms with van der Waals surface area (Å²) in [5, 5.41) is 14.2. The molecule has 2 heterocycles. The molecule has 0 bridgehead atoms. The van der Waals surface area contributed by atoms with Gasteiger partial charge in [-0.3, -0.25) is 10.1 Å². The van der Waals surface area contributed by atoms with Crippen LogP contribution < -0.4 is 5.32 Å². The number of nitro groups is 1. The fourth-order valence-corrected chi connectivity index (χ4v) is 4.79. The van der Waals surface area contributed by atoms with Crippen LogP contribution in [0.5, 0.6) is 0 Å². The van der Waals surface area contributed by atoms with E-state index in [1.54, 1.807) is 0 Å². The zero-order valence-electron chi connectivity index (χ0n) is 11.8. The third kappa shape index (κ3) is 2.60. The number of ether oxygens (including phenoxy) is 1. The summed E-state index contributed by atoms with van der Waals surface area (Å²) >= 11 is 0. The Morgan fingerprint density at radius 2 is 2.00 bits per heavy atom. The molecule has 1 aromatic rings. The molecule has 1 unspecified atom stereocenters. The monoisotopic (exact) mass is 327 g/mol. The van der Waals surface area contributed by atoms with Gasteiger partial charge in [-0.25, -0.2) is 8.42 Å². The van der Waals surface area contributed by atoms with E-state index < -0.39 is 20.6 Å². The lowest BCUT2D eigenvalue weighted by Crippen LogP contribution is -2.61. The average molecular weight is 327 g/mol. The fraction of sp³-hybridized carbons (Fsp3) is 0.538. The molecule has 1 N–H and O–H groups in total. The van der Waals surface area contributed by atoms with E-state index in [4.69, 9.17) is 4.74 Å². The lowest BCUT2D eigenvalue weighted by molar-refractivity contribution is -0.387. The summed E-state index contributed by atoms with van der Waals surface area (Å²) in [5.74, 6) is 0. The number of hydrogen-bond acceptors (Lipinski definition) is 6. The van der Waals surface area contributed by atoms with E-state index in [0.717, 1.165) is 0 Å². The molecule has 2 aliphatic heterocycles. The molecule has 0 saturated carbocycles.